The summed E-state index contributed by atoms with van der Waals surface area (Å²) in [6.07, 6.45) is 1.77. The standard InChI is InChI=1S/C27H53NO3Si3/c1-15-25(30-34(13,14)27(5,6)7)24(22-29-33(11,12)26(2,3)4)28(31-32(8,9)10)21-23-19-17-16-18-20-23/h15-20,24-25H,1,21-22H2,2-14H3/t24-,25+/m0/s1. The molecule has 4 nitrogen and oxygen atoms in total. The van der Waals surface area contributed by atoms with E-state index in [0.29, 0.717) is 13.2 Å². The first kappa shape index (κ1) is 31.5. The Bertz CT molecular complexity index is 762. The quantitative estimate of drug-likeness (QED) is 0.157. The van der Waals surface area contributed by atoms with Crippen LogP contribution in [0, 0.1) is 0 Å². The summed E-state index contributed by atoms with van der Waals surface area (Å²) in [4.78, 5) is 0. The van der Waals surface area contributed by atoms with Crippen LogP contribution in [0.1, 0.15) is 47.1 Å². The smallest absolute Gasteiger partial charge is 0.212 e. The zero-order valence-electron chi connectivity index (χ0n) is 24.4. The van der Waals surface area contributed by atoms with Crippen molar-refractivity contribution in [1.29, 1.82) is 0 Å². The van der Waals surface area contributed by atoms with Gasteiger partial charge in [0.1, 0.15) is 0 Å². The summed E-state index contributed by atoms with van der Waals surface area (Å²) in [5, 5.41) is 2.38. The van der Waals surface area contributed by atoms with E-state index in [2.05, 4.69) is 129 Å². The minimum Gasteiger partial charge on any atom is -0.415 e. The molecule has 1 aromatic carbocycles. The molecule has 0 unspecified atom stereocenters. The molecule has 0 heterocycles. The molecule has 0 aliphatic rings. The van der Waals surface area contributed by atoms with Crippen molar-refractivity contribution < 1.29 is 13.4 Å². The third-order valence-corrected chi connectivity index (χ3v) is 17.0. The van der Waals surface area contributed by atoms with Crippen LogP contribution in [0.5, 0.6) is 0 Å². The van der Waals surface area contributed by atoms with E-state index in [1.54, 1.807) is 0 Å². The van der Waals surface area contributed by atoms with Crippen molar-refractivity contribution in [2.75, 3.05) is 6.61 Å². The summed E-state index contributed by atoms with van der Waals surface area (Å²) in [6.45, 7) is 35.0. The molecule has 0 saturated heterocycles. The van der Waals surface area contributed by atoms with E-state index in [1.807, 2.05) is 6.08 Å². The summed E-state index contributed by atoms with van der Waals surface area (Å²) in [6, 6.07) is 10.4. The molecule has 196 valence electrons. The molecular weight excluding hydrogens is 471 g/mol. The van der Waals surface area contributed by atoms with E-state index in [-0.39, 0.29) is 22.2 Å². The molecule has 0 aromatic heterocycles. The molecule has 2 atom stereocenters. The van der Waals surface area contributed by atoms with Gasteiger partial charge in [0.15, 0.2) is 16.6 Å². The summed E-state index contributed by atoms with van der Waals surface area (Å²) in [7, 11) is -5.91. The third-order valence-electron chi connectivity index (χ3n) is 7.21. The van der Waals surface area contributed by atoms with Gasteiger partial charge in [-0.3, -0.25) is 0 Å². The first-order valence-electron chi connectivity index (χ1n) is 12.6. The molecule has 1 rings (SSSR count). The van der Waals surface area contributed by atoms with Crippen LogP contribution in [-0.4, -0.2) is 48.8 Å². The molecule has 1 aromatic rings. The zero-order chi connectivity index (χ0) is 26.6. The number of nitrogens with zero attached hydrogens (tertiary/aromatic N) is 1. The maximum atomic E-state index is 6.95. The normalized spacial score (nSPS) is 15.9. The Balaban J connectivity index is 3.45. The predicted octanol–water partition coefficient (Wildman–Crippen LogP) is 8.22. The van der Waals surface area contributed by atoms with Crippen molar-refractivity contribution in [2.24, 2.45) is 0 Å². The van der Waals surface area contributed by atoms with Gasteiger partial charge in [0.25, 0.3) is 0 Å². The van der Waals surface area contributed by atoms with Crippen LogP contribution in [-0.2, 0) is 19.9 Å². The van der Waals surface area contributed by atoms with Gasteiger partial charge >= 0.3 is 0 Å². The van der Waals surface area contributed by atoms with Gasteiger partial charge in [0, 0.05) is 6.54 Å². The Hall–Kier alpha value is -0.549. The average Bonchev–Trinajstić information content (AvgIpc) is 2.64. The van der Waals surface area contributed by atoms with Crippen LogP contribution in [0.4, 0.5) is 0 Å². The largest absolute Gasteiger partial charge is 0.415 e. The van der Waals surface area contributed by atoms with E-state index in [4.69, 9.17) is 13.4 Å². The predicted molar refractivity (Wildman–Crippen MR) is 156 cm³/mol. The molecule has 34 heavy (non-hydrogen) atoms. The molecule has 7 heteroatoms. The maximum Gasteiger partial charge on any atom is 0.212 e. The Morgan fingerprint density at radius 2 is 1.35 bits per heavy atom. The lowest BCUT2D eigenvalue weighted by atomic mass is 10.1. The van der Waals surface area contributed by atoms with Crippen molar-refractivity contribution in [3.05, 3.63) is 48.6 Å². The van der Waals surface area contributed by atoms with Gasteiger partial charge in [-0.25, -0.2) is 0 Å². The topological polar surface area (TPSA) is 30.9 Å². The second kappa shape index (κ2) is 11.7. The minimum absolute atomic E-state index is 0.0901. The molecule has 0 saturated carbocycles. The number of rotatable bonds is 12. The molecule has 0 radical (unpaired) electrons. The van der Waals surface area contributed by atoms with Gasteiger partial charge in [0.2, 0.25) is 8.32 Å². The van der Waals surface area contributed by atoms with E-state index >= 15 is 0 Å². The summed E-state index contributed by atoms with van der Waals surface area (Å²) in [5.74, 6) is 0. The highest BCUT2D eigenvalue weighted by Crippen LogP contribution is 2.39. The van der Waals surface area contributed by atoms with E-state index in [1.165, 1.54) is 5.56 Å². The molecule has 0 fully saturated rings. The van der Waals surface area contributed by atoms with Gasteiger partial charge in [0.05, 0.1) is 18.8 Å². The molecule has 0 amide bonds. The van der Waals surface area contributed by atoms with Gasteiger partial charge in [-0.2, -0.15) is 5.06 Å². The van der Waals surface area contributed by atoms with Crippen LogP contribution in [0.15, 0.2) is 43.0 Å². The summed E-state index contributed by atoms with van der Waals surface area (Å²) >= 11 is 0. The molecular formula is C27H53NO3Si3. The Morgan fingerprint density at radius 1 is 0.853 bits per heavy atom. The number of hydrogen-bond acceptors (Lipinski definition) is 4. The van der Waals surface area contributed by atoms with E-state index in [0.717, 1.165) is 0 Å². The summed E-state index contributed by atoms with van der Waals surface area (Å²) < 4.78 is 20.5. The fourth-order valence-electron chi connectivity index (χ4n) is 2.99. The van der Waals surface area contributed by atoms with Gasteiger partial charge in [-0.05, 0) is 61.5 Å². The average molecular weight is 524 g/mol. The number of benzene rings is 1. The second-order valence-corrected chi connectivity index (χ2v) is 27.5. The van der Waals surface area contributed by atoms with Crippen LogP contribution >= 0.6 is 0 Å². The molecule has 0 bridgehead atoms. The minimum atomic E-state index is -2.05. The first-order valence-corrected chi connectivity index (χ1v) is 21.9. The molecule has 0 aliphatic heterocycles. The Labute approximate surface area is 214 Å². The van der Waals surface area contributed by atoms with Gasteiger partial charge in [-0.1, -0.05) is 78.0 Å². The van der Waals surface area contributed by atoms with Crippen LogP contribution in [0.25, 0.3) is 0 Å². The third kappa shape index (κ3) is 9.48. The molecule has 0 N–H and O–H groups in total. The highest BCUT2D eigenvalue weighted by Gasteiger charge is 2.43. The van der Waals surface area contributed by atoms with E-state index < -0.39 is 25.0 Å². The lowest BCUT2D eigenvalue weighted by Gasteiger charge is -2.45. The Kier molecular flexibility index (Phi) is 10.8. The SMILES string of the molecule is C=C[C@@H](O[Si](C)(C)C(C)(C)C)[C@H](CO[Si](C)(C)C(C)(C)C)N(Cc1ccccc1)O[Si](C)(C)C. The maximum absolute atomic E-state index is 6.95. The molecule has 0 spiro atoms. The fourth-order valence-corrected chi connectivity index (χ4v) is 6.20. The van der Waals surface area contributed by atoms with Crippen molar-refractivity contribution in [3.8, 4) is 0 Å². The van der Waals surface area contributed by atoms with Crippen LogP contribution in [0.2, 0.25) is 55.9 Å². The van der Waals surface area contributed by atoms with Crippen molar-refractivity contribution in [1.82, 2.24) is 5.06 Å². The monoisotopic (exact) mass is 523 g/mol. The lowest BCUT2D eigenvalue weighted by Crippen LogP contribution is -2.56. The first-order chi connectivity index (χ1) is 15.2. The highest BCUT2D eigenvalue weighted by molar-refractivity contribution is 6.74. The van der Waals surface area contributed by atoms with Gasteiger partial charge < -0.3 is 13.4 Å². The molecule has 0 aliphatic carbocycles. The second-order valence-electron chi connectivity index (χ2n) is 13.5. The number of hydrogen-bond donors (Lipinski definition) is 0. The fraction of sp³-hybridized carbons (Fsp3) is 0.704. The highest BCUT2D eigenvalue weighted by atomic mass is 28.4. The lowest BCUT2D eigenvalue weighted by molar-refractivity contribution is -0.144. The van der Waals surface area contributed by atoms with Crippen LogP contribution in [0.3, 0.4) is 0 Å². The van der Waals surface area contributed by atoms with Crippen LogP contribution < -0.4 is 0 Å². The van der Waals surface area contributed by atoms with Gasteiger partial charge in [-0.15, -0.1) is 6.58 Å². The van der Waals surface area contributed by atoms with E-state index in [9.17, 15) is 0 Å². The summed E-state index contributed by atoms with van der Waals surface area (Å²) in [5.41, 5.74) is 1.22. The van der Waals surface area contributed by atoms with Crippen molar-refractivity contribution in [3.63, 3.8) is 0 Å². The number of hydroxylamine groups is 2. The zero-order valence-corrected chi connectivity index (χ0v) is 27.4. The Morgan fingerprint density at radius 3 is 1.76 bits per heavy atom. The van der Waals surface area contributed by atoms with Crippen molar-refractivity contribution >= 4 is 25.0 Å². The van der Waals surface area contributed by atoms with Crippen molar-refractivity contribution in [2.45, 2.75) is 116 Å².